The minimum absolute atomic E-state index is 0.000545. The number of amides is 1. The molecule has 0 spiro atoms. The highest BCUT2D eigenvalue weighted by molar-refractivity contribution is 6.33. The number of halogens is 1. The molecule has 0 aliphatic heterocycles. The van der Waals surface area contributed by atoms with Crippen LogP contribution in [0.1, 0.15) is 16.1 Å². The van der Waals surface area contributed by atoms with Gasteiger partial charge in [-0.1, -0.05) is 23.7 Å². The van der Waals surface area contributed by atoms with E-state index >= 15 is 0 Å². The average Bonchev–Trinajstić information content (AvgIpc) is 3.15. The molecule has 1 aromatic heterocycles. The van der Waals surface area contributed by atoms with Crippen LogP contribution < -0.4 is 5.32 Å². The normalized spacial score (nSPS) is 10.8. The topological polar surface area (TPSA) is 123 Å². The number of para-hydroxylation sites is 1. The van der Waals surface area contributed by atoms with Crippen LogP contribution in [-0.4, -0.2) is 21.9 Å². The fourth-order valence-electron chi connectivity index (χ4n) is 2.54. The second-order valence-corrected chi connectivity index (χ2v) is 6.21. The fourth-order valence-corrected chi connectivity index (χ4v) is 2.80. The van der Waals surface area contributed by atoms with Crippen LogP contribution in [0, 0.1) is 10.1 Å². The Morgan fingerprint density at radius 3 is 2.59 bits per heavy atom. The first-order valence-corrected chi connectivity index (χ1v) is 8.58. The SMILES string of the molecule is O=C(/C=C/c1ccc(-c2ccccc2[N+](=O)[O-])o1)Nc1ccc(C(=O)O)c(Cl)c1. The van der Waals surface area contributed by atoms with Crippen LogP contribution in [0.2, 0.25) is 5.02 Å². The van der Waals surface area contributed by atoms with Gasteiger partial charge >= 0.3 is 5.97 Å². The van der Waals surface area contributed by atoms with E-state index in [1.165, 1.54) is 36.4 Å². The molecule has 3 aromatic rings. The van der Waals surface area contributed by atoms with Crippen LogP contribution in [0.4, 0.5) is 11.4 Å². The summed E-state index contributed by atoms with van der Waals surface area (Å²) in [5.74, 6) is -1.03. The standard InChI is InChI=1S/C20H13ClN2O6/c21-16-11-12(5-8-14(16)20(25)26)22-19(24)10-7-13-6-9-18(29-13)15-3-1-2-4-17(15)23(27)28/h1-11H,(H,22,24)(H,25,26)/b10-7+. The Hall–Kier alpha value is -3.91. The molecule has 0 bridgehead atoms. The third-order valence-electron chi connectivity index (χ3n) is 3.86. The number of rotatable bonds is 6. The van der Waals surface area contributed by atoms with Gasteiger partial charge in [0.05, 0.1) is 21.1 Å². The molecule has 0 saturated heterocycles. The number of furan rings is 1. The van der Waals surface area contributed by atoms with Crippen molar-refractivity contribution in [1.29, 1.82) is 0 Å². The lowest BCUT2D eigenvalue weighted by Crippen LogP contribution is -2.08. The van der Waals surface area contributed by atoms with E-state index in [0.29, 0.717) is 22.8 Å². The number of nitrogens with one attached hydrogen (secondary N) is 1. The van der Waals surface area contributed by atoms with Gasteiger partial charge in [-0.3, -0.25) is 14.9 Å². The van der Waals surface area contributed by atoms with Gasteiger partial charge in [0.25, 0.3) is 5.69 Å². The Balaban J connectivity index is 1.71. The zero-order valence-corrected chi connectivity index (χ0v) is 15.4. The average molecular weight is 413 g/mol. The first-order valence-electron chi connectivity index (χ1n) is 8.20. The van der Waals surface area contributed by atoms with E-state index in [1.54, 1.807) is 30.3 Å². The number of nitro benzene ring substituents is 1. The molecule has 1 heterocycles. The number of carboxylic acid groups (broad SMARTS) is 1. The van der Waals surface area contributed by atoms with Crippen molar-refractivity contribution in [3.8, 4) is 11.3 Å². The minimum Gasteiger partial charge on any atom is -0.478 e. The van der Waals surface area contributed by atoms with E-state index in [4.69, 9.17) is 21.1 Å². The lowest BCUT2D eigenvalue weighted by molar-refractivity contribution is -0.384. The number of carbonyl (C=O) groups is 2. The van der Waals surface area contributed by atoms with E-state index in [0.717, 1.165) is 0 Å². The lowest BCUT2D eigenvalue weighted by Gasteiger charge is -2.04. The molecular weight excluding hydrogens is 400 g/mol. The molecule has 146 valence electrons. The number of anilines is 1. The van der Waals surface area contributed by atoms with E-state index < -0.39 is 16.8 Å². The summed E-state index contributed by atoms with van der Waals surface area (Å²) in [5.41, 5.74) is 0.500. The Morgan fingerprint density at radius 1 is 1.14 bits per heavy atom. The van der Waals surface area contributed by atoms with Crippen molar-refractivity contribution in [2.75, 3.05) is 5.32 Å². The second kappa shape index (κ2) is 8.41. The summed E-state index contributed by atoms with van der Waals surface area (Å²) in [6, 6.07) is 13.4. The molecule has 1 amide bonds. The van der Waals surface area contributed by atoms with E-state index in [2.05, 4.69) is 5.32 Å². The number of carbonyl (C=O) groups excluding carboxylic acids is 1. The third kappa shape index (κ3) is 4.69. The predicted octanol–water partition coefficient (Wildman–Crippen LogP) is 4.86. The van der Waals surface area contributed by atoms with Gasteiger partial charge in [-0.05, 0) is 42.5 Å². The van der Waals surface area contributed by atoms with Crippen molar-refractivity contribution >= 4 is 40.9 Å². The maximum absolute atomic E-state index is 12.0. The molecule has 0 fully saturated rings. The molecule has 2 aromatic carbocycles. The van der Waals surface area contributed by atoms with Crippen molar-refractivity contribution in [1.82, 2.24) is 0 Å². The first kappa shape index (κ1) is 19.8. The fraction of sp³-hybridized carbons (Fsp3) is 0. The number of hydrogen-bond acceptors (Lipinski definition) is 5. The molecular formula is C20H13ClN2O6. The summed E-state index contributed by atoms with van der Waals surface area (Å²) in [5, 5.41) is 22.6. The van der Waals surface area contributed by atoms with Gasteiger partial charge in [0, 0.05) is 17.8 Å². The number of carboxylic acids is 1. The Morgan fingerprint density at radius 2 is 1.90 bits per heavy atom. The zero-order valence-electron chi connectivity index (χ0n) is 14.7. The molecule has 29 heavy (non-hydrogen) atoms. The molecule has 0 atom stereocenters. The van der Waals surface area contributed by atoms with Crippen LogP contribution in [0.15, 0.2) is 65.1 Å². The van der Waals surface area contributed by atoms with Crippen LogP contribution in [0.5, 0.6) is 0 Å². The van der Waals surface area contributed by atoms with Crippen LogP contribution in [0.3, 0.4) is 0 Å². The summed E-state index contributed by atoms with van der Waals surface area (Å²) in [4.78, 5) is 33.6. The third-order valence-corrected chi connectivity index (χ3v) is 4.17. The molecule has 0 radical (unpaired) electrons. The summed E-state index contributed by atoms with van der Waals surface area (Å²) >= 11 is 5.86. The maximum Gasteiger partial charge on any atom is 0.337 e. The highest BCUT2D eigenvalue weighted by Gasteiger charge is 2.16. The van der Waals surface area contributed by atoms with Gasteiger partial charge in [-0.15, -0.1) is 0 Å². The smallest absolute Gasteiger partial charge is 0.337 e. The number of nitro groups is 1. The van der Waals surface area contributed by atoms with Crippen molar-refractivity contribution in [2.24, 2.45) is 0 Å². The summed E-state index contributed by atoms with van der Waals surface area (Å²) in [7, 11) is 0. The number of nitrogens with zero attached hydrogens (tertiary/aromatic N) is 1. The largest absolute Gasteiger partial charge is 0.478 e. The maximum atomic E-state index is 12.0. The quantitative estimate of drug-likeness (QED) is 0.338. The highest BCUT2D eigenvalue weighted by atomic mass is 35.5. The Labute approximate surface area is 169 Å². The highest BCUT2D eigenvalue weighted by Crippen LogP contribution is 2.31. The monoisotopic (exact) mass is 412 g/mol. The Bertz CT molecular complexity index is 1140. The summed E-state index contributed by atoms with van der Waals surface area (Å²) in [6.07, 6.45) is 2.61. The van der Waals surface area contributed by atoms with Crippen LogP contribution in [-0.2, 0) is 4.79 Å². The molecule has 3 rings (SSSR count). The van der Waals surface area contributed by atoms with Gasteiger partial charge < -0.3 is 14.8 Å². The molecule has 8 nitrogen and oxygen atoms in total. The molecule has 0 unspecified atom stereocenters. The number of aromatic carboxylic acids is 1. The molecule has 9 heteroatoms. The number of hydrogen-bond donors (Lipinski definition) is 2. The van der Waals surface area contributed by atoms with Crippen molar-refractivity contribution in [2.45, 2.75) is 0 Å². The van der Waals surface area contributed by atoms with Crippen LogP contribution >= 0.6 is 11.6 Å². The first-order chi connectivity index (χ1) is 13.8. The van der Waals surface area contributed by atoms with Gasteiger partial charge in [0.1, 0.15) is 11.5 Å². The summed E-state index contributed by atoms with van der Waals surface area (Å²) in [6.45, 7) is 0. The predicted molar refractivity (Wildman–Crippen MR) is 107 cm³/mol. The summed E-state index contributed by atoms with van der Waals surface area (Å²) < 4.78 is 5.56. The van der Waals surface area contributed by atoms with Gasteiger partial charge in [0.15, 0.2) is 0 Å². The van der Waals surface area contributed by atoms with Crippen molar-refractivity contribution in [3.63, 3.8) is 0 Å². The molecule has 0 aliphatic carbocycles. The van der Waals surface area contributed by atoms with E-state index in [-0.39, 0.29) is 16.3 Å². The lowest BCUT2D eigenvalue weighted by atomic mass is 10.1. The Kier molecular flexibility index (Phi) is 5.75. The van der Waals surface area contributed by atoms with E-state index in [1.807, 2.05) is 0 Å². The molecule has 0 aliphatic rings. The number of benzene rings is 2. The van der Waals surface area contributed by atoms with Gasteiger partial charge in [-0.2, -0.15) is 0 Å². The van der Waals surface area contributed by atoms with Gasteiger partial charge in [-0.25, -0.2) is 4.79 Å². The van der Waals surface area contributed by atoms with Crippen LogP contribution in [0.25, 0.3) is 17.4 Å². The zero-order chi connectivity index (χ0) is 21.0. The molecule has 2 N–H and O–H groups in total. The molecule has 0 saturated carbocycles. The second-order valence-electron chi connectivity index (χ2n) is 5.80. The van der Waals surface area contributed by atoms with E-state index in [9.17, 15) is 19.7 Å². The minimum atomic E-state index is -1.17. The van der Waals surface area contributed by atoms with Crippen molar-refractivity contribution < 1.29 is 24.0 Å². The van der Waals surface area contributed by atoms with Crippen molar-refractivity contribution in [3.05, 3.63) is 87.1 Å². The van der Waals surface area contributed by atoms with Gasteiger partial charge in [0.2, 0.25) is 5.91 Å².